The predicted molar refractivity (Wildman–Crippen MR) is 76.9 cm³/mol. The molecule has 0 saturated carbocycles. The largest absolute Gasteiger partial charge is 0.325 e. The van der Waals surface area contributed by atoms with Crippen molar-refractivity contribution in [3.8, 4) is 0 Å². The Morgan fingerprint density at radius 2 is 2.11 bits per heavy atom. The minimum absolute atomic E-state index is 0.0657. The average molecular weight is 280 g/mol. The molecule has 0 radical (unpaired) electrons. The van der Waals surface area contributed by atoms with Gasteiger partial charge in [0.15, 0.2) is 0 Å². The summed E-state index contributed by atoms with van der Waals surface area (Å²) >= 11 is 6.11. The van der Waals surface area contributed by atoms with Crippen molar-refractivity contribution >= 4 is 23.2 Å². The maximum Gasteiger partial charge on any atom is 0.233 e. The molecule has 4 nitrogen and oxygen atoms in total. The molecule has 1 fully saturated rings. The van der Waals surface area contributed by atoms with Gasteiger partial charge in [-0.2, -0.15) is 0 Å². The number of anilines is 1. The van der Waals surface area contributed by atoms with Crippen molar-refractivity contribution < 1.29 is 4.79 Å². The van der Waals surface area contributed by atoms with Gasteiger partial charge >= 0.3 is 0 Å². The van der Waals surface area contributed by atoms with Gasteiger partial charge in [0.05, 0.1) is 5.92 Å². The molecular formula is C14H18ClN3O. The summed E-state index contributed by atoms with van der Waals surface area (Å²) in [6.07, 6.45) is 0. The van der Waals surface area contributed by atoms with Crippen molar-refractivity contribution in [1.82, 2.24) is 10.2 Å². The topological polar surface area (TPSA) is 44.4 Å². The van der Waals surface area contributed by atoms with Crippen LogP contribution in [0, 0.1) is 6.92 Å². The van der Waals surface area contributed by atoms with Crippen molar-refractivity contribution in [2.45, 2.75) is 12.8 Å². The third kappa shape index (κ3) is 2.36. The van der Waals surface area contributed by atoms with E-state index in [4.69, 9.17) is 11.6 Å². The second-order valence-corrected chi connectivity index (χ2v) is 5.64. The minimum atomic E-state index is -0.0657. The molecule has 1 unspecified atom stereocenters. The second kappa shape index (κ2) is 5.12. The van der Waals surface area contributed by atoms with E-state index in [0.29, 0.717) is 5.02 Å². The van der Waals surface area contributed by atoms with Gasteiger partial charge in [-0.3, -0.25) is 9.69 Å². The number of hydrogen-bond acceptors (Lipinski definition) is 3. The molecule has 1 atom stereocenters. The normalized spacial score (nSPS) is 23.3. The van der Waals surface area contributed by atoms with E-state index in [1.54, 1.807) is 0 Å². The van der Waals surface area contributed by atoms with Crippen molar-refractivity contribution in [3.63, 3.8) is 0 Å². The number of hydrogen-bond donors (Lipinski definition) is 2. The fraction of sp³-hybridized carbons (Fsp3) is 0.500. The number of carbonyl (C=O) groups excluding carboxylic acids is 1. The minimum Gasteiger partial charge on any atom is -0.325 e. The first-order valence-electron chi connectivity index (χ1n) is 6.70. The number of piperazine rings is 1. The van der Waals surface area contributed by atoms with Crippen LogP contribution < -0.4 is 10.6 Å². The number of nitrogens with zero attached hydrogens (tertiary/aromatic N) is 1. The molecule has 102 valence electrons. The maximum atomic E-state index is 12.2. The van der Waals surface area contributed by atoms with Gasteiger partial charge in [-0.05, 0) is 24.1 Å². The highest BCUT2D eigenvalue weighted by atomic mass is 35.5. The zero-order chi connectivity index (χ0) is 13.4. The van der Waals surface area contributed by atoms with Crippen LogP contribution in [-0.2, 0) is 4.79 Å². The van der Waals surface area contributed by atoms with Crippen LogP contribution in [0.2, 0.25) is 5.02 Å². The van der Waals surface area contributed by atoms with Crippen LogP contribution in [0.5, 0.6) is 0 Å². The van der Waals surface area contributed by atoms with Gasteiger partial charge in [0.1, 0.15) is 0 Å². The quantitative estimate of drug-likeness (QED) is 0.864. The van der Waals surface area contributed by atoms with Gasteiger partial charge in [-0.15, -0.1) is 0 Å². The molecule has 1 amide bonds. The highest BCUT2D eigenvalue weighted by Crippen LogP contribution is 2.38. The summed E-state index contributed by atoms with van der Waals surface area (Å²) in [5.41, 5.74) is 2.97. The smallest absolute Gasteiger partial charge is 0.233 e. The van der Waals surface area contributed by atoms with E-state index in [1.165, 1.54) is 0 Å². The summed E-state index contributed by atoms with van der Waals surface area (Å²) in [6.45, 7) is 6.76. The molecular weight excluding hydrogens is 262 g/mol. The molecule has 0 aromatic heterocycles. The summed E-state index contributed by atoms with van der Waals surface area (Å²) in [6, 6.07) is 3.87. The Labute approximate surface area is 118 Å². The highest BCUT2D eigenvalue weighted by Gasteiger charge is 2.33. The summed E-state index contributed by atoms with van der Waals surface area (Å²) in [5, 5.41) is 7.02. The van der Waals surface area contributed by atoms with Gasteiger partial charge in [-0.1, -0.05) is 17.7 Å². The number of benzene rings is 1. The number of fused-ring (bicyclic) bond motifs is 1. The zero-order valence-electron chi connectivity index (χ0n) is 11.0. The molecule has 1 aromatic rings. The third-order valence-corrected chi connectivity index (χ3v) is 4.43. The Morgan fingerprint density at radius 1 is 1.37 bits per heavy atom. The standard InChI is InChI=1S/C14H18ClN3O/c1-9-12(15)3-2-10-11(14(19)17-13(9)10)8-18-6-4-16-5-7-18/h2-3,11,16H,4-8H2,1H3,(H,17,19). The summed E-state index contributed by atoms with van der Waals surface area (Å²) in [5.74, 6) is 0.0305. The summed E-state index contributed by atoms with van der Waals surface area (Å²) in [4.78, 5) is 14.5. The number of amides is 1. The second-order valence-electron chi connectivity index (χ2n) is 5.23. The van der Waals surface area contributed by atoms with E-state index in [0.717, 1.165) is 49.5 Å². The van der Waals surface area contributed by atoms with Crippen LogP contribution in [0.3, 0.4) is 0 Å². The highest BCUT2D eigenvalue weighted by molar-refractivity contribution is 6.32. The molecule has 2 aliphatic rings. The molecule has 0 aliphatic carbocycles. The first kappa shape index (κ1) is 12.9. The van der Waals surface area contributed by atoms with Crippen molar-refractivity contribution in [2.24, 2.45) is 0 Å². The lowest BCUT2D eigenvalue weighted by molar-refractivity contribution is -0.117. The van der Waals surface area contributed by atoms with E-state index in [2.05, 4.69) is 15.5 Å². The monoisotopic (exact) mass is 279 g/mol. The van der Waals surface area contributed by atoms with Gasteiger partial charge < -0.3 is 10.6 Å². The molecule has 19 heavy (non-hydrogen) atoms. The lowest BCUT2D eigenvalue weighted by atomic mass is 9.98. The molecule has 2 heterocycles. The van der Waals surface area contributed by atoms with Gasteiger partial charge in [0.2, 0.25) is 5.91 Å². The lowest BCUT2D eigenvalue weighted by Crippen LogP contribution is -2.45. The first-order valence-corrected chi connectivity index (χ1v) is 7.07. The van der Waals surface area contributed by atoms with E-state index >= 15 is 0 Å². The van der Waals surface area contributed by atoms with Gasteiger partial charge in [0, 0.05) is 43.4 Å². The van der Waals surface area contributed by atoms with Crippen molar-refractivity contribution in [2.75, 3.05) is 38.0 Å². The van der Waals surface area contributed by atoms with Crippen LogP contribution in [0.25, 0.3) is 0 Å². The Morgan fingerprint density at radius 3 is 2.84 bits per heavy atom. The molecule has 1 saturated heterocycles. The van der Waals surface area contributed by atoms with E-state index in [9.17, 15) is 4.79 Å². The average Bonchev–Trinajstić information content (AvgIpc) is 2.73. The Hall–Kier alpha value is -1.10. The predicted octanol–water partition coefficient (Wildman–Crippen LogP) is 1.59. The Balaban J connectivity index is 1.84. The summed E-state index contributed by atoms with van der Waals surface area (Å²) < 4.78 is 0. The Bertz CT molecular complexity index is 512. The third-order valence-electron chi connectivity index (χ3n) is 4.02. The number of nitrogens with one attached hydrogen (secondary N) is 2. The van der Waals surface area contributed by atoms with E-state index in [-0.39, 0.29) is 11.8 Å². The molecule has 3 rings (SSSR count). The molecule has 2 N–H and O–H groups in total. The fourth-order valence-corrected chi connectivity index (χ4v) is 3.01. The van der Waals surface area contributed by atoms with Crippen LogP contribution in [0.4, 0.5) is 5.69 Å². The molecule has 0 bridgehead atoms. The molecule has 1 aromatic carbocycles. The Kier molecular flexibility index (Phi) is 3.48. The van der Waals surface area contributed by atoms with E-state index in [1.807, 2.05) is 19.1 Å². The lowest BCUT2D eigenvalue weighted by Gasteiger charge is -2.29. The fourth-order valence-electron chi connectivity index (χ4n) is 2.85. The van der Waals surface area contributed by atoms with Crippen LogP contribution in [0.1, 0.15) is 17.0 Å². The zero-order valence-corrected chi connectivity index (χ0v) is 11.8. The number of rotatable bonds is 2. The summed E-state index contributed by atoms with van der Waals surface area (Å²) in [7, 11) is 0. The van der Waals surface area contributed by atoms with Crippen LogP contribution in [-0.4, -0.2) is 43.5 Å². The maximum absolute atomic E-state index is 12.2. The van der Waals surface area contributed by atoms with Crippen LogP contribution >= 0.6 is 11.6 Å². The SMILES string of the molecule is Cc1c(Cl)ccc2c1NC(=O)C2CN1CCNCC1. The van der Waals surface area contributed by atoms with Crippen molar-refractivity contribution in [1.29, 1.82) is 0 Å². The molecule has 2 aliphatic heterocycles. The van der Waals surface area contributed by atoms with Gasteiger partial charge in [-0.25, -0.2) is 0 Å². The first-order chi connectivity index (χ1) is 9.16. The van der Waals surface area contributed by atoms with E-state index < -0.39 is 0 Å². The number of carbonyl (C=O) groups is 1. The number of halogens is 1. The molecule has 5 heteroatoms. The van der Waals surface area contributed by atoms with Crippen molar-refractivity contribution in [3.05, 3.63) is 28.3 Å². The van der Waals surface area contributed by atoms with Crippen LogP contribution in [0.15, 0.2) is 12.1 Å². The molecule has 0 spiro atoms. The van der Waals surface area contributed by atoms with Gasteiger partial charge in [0.25, 0.3) is 0 Å².